The molecule has 0 amide bonds. The number of aryl methyl sites for hydroxylation is 1. The zero-order chi connectivity index (χ0) is 14.7. The Bertz CT molecular complexity index is 601. The van der Waals surface area contributed by atoms with Crippen molar-refractivity contribution in [2.75, 3.05) is 0 Å². The minimum atomic E-state index is -0.949. The lowest BCUT2D eigenvalue weighted by atomic mass is 10.0. The van der Waals surface area contributed by atoms with Gasteiger partial charge in [0, 0.05) is 13.0 Å². The molecule has 108 valence electrons. The maximum atomic E-state index is 13.6. The second kappa shape index (κ2) is 6.45. The van der Waals surface area contributed by atoms with Gasteiger partial charge in [-0.05, 0) is 34.0 Å². The molecular weight excluding hydrogens is 330 g/mol. The van der Waals surface area contributed by atoms with Gasteiger partial charge in [-0.1, -0.05) is 19.1 Å². The van der Waals surface area contributed by atoms with Crippen LogP contribution in [0.3, 0.4) is 0 Å². The Balaban J connectivity index is 2.26. The molecule has 0 radical (unpaired) electrons. The lowest BCUT2D eigenvalue weighted by Crippen LogP contribution is -2.12. The van der Waals surface area contributed by atoms with Gasteiger partial charge >= 0.3 is 0 Å². The first-order valence-electron chi connectivity index (χ1n) is 6.36. The second-order valence-electron chi connectivity index (χ2n) is 4.53. The highest BCUT2D eigenvalue weighted by Gasteiger charge is 2.20. The van der Waals surface area contributed by atoms with E-state index in [9.17, 15) is 13.9 Å². The maximum absolute atomic E-state index is 13.6. The standard InChI is InChI=1S/C14H15BrF2N2O/c1-2-6-19-14(10(15)8-18-19)12(20)7-9-4-3-5-11(16)13(9)17/h3-5,8,12,20H,2,6-7H2,1H3. The molecule has 1 aromatic carbocycles. The maximum Gasteiger partial charge on any atom is 0.162 e. The summed E-state index contributed by atoms with van der Waals surface area (Å²) in [6.45, 7) is 2.65. The fourth-order valence-corrected chi connectivity index (χ4v) is 2.66. The molecule has 0 saturated carbocycles. The first kappa shape index (κ1) is 15.1. The number of nitrogens with zero attached hydrogens (tertiary/aromatic N) is 2. The quantitative estimate of drug-likeness (QED) is 0.899. The summed E-state index contributed by atoms with van der Waals surface area (Å²) in [6.07, 6.45) is 1.50. The fraction of sp³-hybridized carbons (Fsp3) is 0.357. The van der Waals surface area contributed by atoms with E-state index in [0.29, 0.717) is 16.7 Å². The van der Waals surface area contributed by atoms with Crippen LogP contribution in [0, 0.1) is 11.6 Å². The van der Waals surface area contributed by atoms with Gasteiger partial charge in [0.15, 0.2) is 11.6 Å². The van der Waals surface area contributed by atoms with E-state index in [-0.39, 0.29) is 12.0 Å². The Labute approximate surface area is 124 Å². The van der Waals surface area contributed by atoms with E-state index in [4.69, 9.17) is 0 Å². The lowest BCUT2D eigenvalue weighted by molar-refractivity contribution is 0.164. The number of hydrogen-bond donors (Lipinski definition) is 1. The Kier molecular flexibility index (Phi) is 4.88. The van der Waals surface area contributed by atoms with Crippen LogP contribution in [0.15, 0.2) is 28.9 Å². The molecule has 3 nitrogen and oxygen atoms in total. The summed E-state index contributed by atoms with van der Waals surface area (Å²) in [6, 6.07) is 3.96. The minimum absolute atomic E-state index is 0.00238. The molecule has 1 aromatic heterocycles. The zero-order valence-corrected chi connectivity index (χ0v) is 12.6. The van der Waals surface area contributed by atoms with Gasteiger partial charge < -0.3 is 5.11 Å². The van der Waals surface area contributed by atoms with Crippen LogP contribution in [0.25, 0.3) is 0 Å². The van der Waals surface area contributed by atoms with Crippen molar-refractivity contribution < 1.29 is 13.9 Å². The van der Waals surface area contributed by atoms with Gasteiger partial charge in [0.2, 0.25) is 0 Å². The summed E-state index contributed by atoms with van der Waals surface area (Å²) in [7, 11) is 0. The molecule has 1 heterocycles. The summed E-state index contributed by atoms with van der Waals surface area (Å²) < 4.78 is 29.1. The largest absolute Gasteiger partial charge is 0.386 e. The van der Waals surface area contributed by atoms with Gasteiger partial charge in [-0.3, -0.25) is 4.68 Å². The lowest BCUT2D eigenvalue weighted by Gasteiger charge is -2.14. The van der Waals surface area contributed by atoms with E-state index in [1.54, 1.807) is 10.9 Å². The first-order chi connectivity index (χ1) is 9.54. The summed E-state index contributed by atoms with van der Waals surface area (Å²) in [5.41, 5.74) is 0.726. The molecule has 0 aliphatic carbocycles. The van der Waals surface area contributed by atoms with Crippen molar-refractivity contribution in [3.63, 3.8) is 0 Å². The number of aliphatic hydroxyl groups excluding tert-OH is 1. The summed E-state index contributed by atoms with van der Waals surface area (Å²) in [5, 5.41) is 14.4. The van der Waals surface area contributed by atoms with Gasteiger partial charge in [0.25, 0.3) is 0 Å². The Morgan fingerprint density at radius 3 is 2.85 bits per heavy atom. The van der Waals surface area contributed by atoms with Crippen LogP contribution in [-0.4, -0.2) is 14.9 Å². The second-order valence-corrected chi connectivity index (χ2v) is 5.39. The molecule has 0 aliphatic rings. The summed E-state index contributed by atoms with van der Waals surface area (Å²) in [4.78, 5) is 0. The van der Waals surface area contributed by atoms with Crippen molar-refractivity contribution in [1.29, 1.82) is 0 Å². The van der Waals surface area contributed by atoms with Gasteiger partial charge in [-0.15, -0.1) is 0 Å². The highest BCUT2D eigenvalue weighted by Crippen LogP contribution is 2.27. The van der Waals surface area contributed by atoms with Crippen LogP contribution < -0.4 is 0 Å². The van der Waals surface area contributed by atoms with Gasteiger partial charge in [0.05, 0.1) is 16.4 Å². The molecule has 2 rings (SSSR count). The highest BCUT2D eigenvalue weighted by molar-refractivity contribution is 9.10. The number of aliphatic hydroxyl groups is 1. The van der Waals surface area contributed by atoms with E-state index >= 15 is 0 Å². The number of rotatable bonds is 5. The van der Waals surface area contributed by atoms with Crippen LogP contribution in [0.1, 0.15) is 30.7 Å². The molecule has 0 bridgehead atoms. The average molecular weight is 345 g/mol. The third-order valence-electron chi connectivity index (χ3n) is 3.03. The van der Waals surface area contributed by atoms with Crippen LogP contribution in [0.2, 0.25) is 0 Å². The van der Waals surface area contributed by atoms with Crippen molar-refractivity contribution in [2.24, 2.45) is 0 Å². The molecular formula is C14H15BrF2N2O. The predicted octanol–water partition coefficient (Wildman–Crippen LogP) is 3.61. The molecule has 6 heteroatoms. The number of hydrogen-bond acceptors (Lipinski definition) is 2. The molecule has 2 aromatic rings. The SMILES string of the molecule is CCCn1ncc(Br)c1C(O)Cc1cccc(F)c1F. The van der Waals surface area contributed by atoms with Crippen LogP contribution >= 0.6 is 15.9 Å². The smallest absolute Gasteiger partial charge is 0.162 e. The minimum Gasteiger partial charge on any atom is -0.386 e. The predicted molar refractivity (Wildman–Crippen MR) is 75.2 cm³/mol. The van der Waals surface area contributed by atoms with Crippen molar-refractivity contribution in [2.45, 2.75) is 32.4 Å². The van der Waals surface area contributed by atoms with Gasteiger partial charge in [-0.25, -0.2) is 8.78 Å². The molecule has 0 spiro atoms. The van der Waals surface area contributed by atoms with E-state index in [1.807, 2.05) is 6.92 Å². The third-order valence-corrected chi connectivity index (χ3v) is 3.64. The molecule has 1 atom stereocenters. The molecule has 0 fully saturated rings. The van der Waals surface area contributed by atoms with Gasteiger partial charge in [-0.2, -0.15) is 5.10 Å². The topological polar surface area (TPSA) is 38.0 Å². The normalized spacial score (nSPS) is 12.7. The van der Waals surface area contributed by atoms with E-state index < -0.39 is 17.7 Å². The van der Waals surface area contributed by atoms with E-state index in [0.717, 1.165) is 12.5 Å². The van der Waals surface area contributed by atoms with Crippen LogP contribution in [0.4, 0.5) is 8.78 Å². The molecule has 1 N–H and O–H groups in total. The number of halogens is 3. The monoisotopic (exact) mass is 344 g/mol. The molecule has 0 saturated heterocycles. The van der Waals surface area contributed by atoms with E-state index in [1.165, 1.54) is 12.1 Å². The summed E-state index contributed by atoms with van der Waals surface area (Å²) >= 11 is 3.32. The highest BCUT2D eigenvalue weighted by atomic mass is 79.9. The number of aromatic nitrogens is 2. The van der Waals surface area contributed by atoms with E-state index in [2.05, 4.69) is 21.0 Å². The van der Waals surface area contributed by atoms with Crippen LogP contribution in [0.5, 0.6) is 0 Å². The molecule has 20 heavy (non-hydrogen) atoms. The molecule has 1 unspecified atom stereocenters. The van der Waals surface area contributed by atoms with Crippen LogP contribution in [-0.2, 0) is 13.0 Å². The Morgan fingerprint density at radius 2 is 2.15 bits per heavy atom. The van der Waals surface area contributed by atoms with Crippen molar-refractivity contribution >= 4 is 15.9 Å². The van der Waals surface area contributed by atoms with Gasteiger partial charge in [0.1, 0.15) is 6.10 Å². The average Bonchev–Trinajstić information content (AvgIpc) is 2.77. The van der Waals surface area contributed by atoms with Crippen molar-refractivity contribution in [3.05, 3.63) is 51.8 Å². The van der Waals surface area contributed by atoms with Crippen molar-refractivity contribution in [1.82, 2.24) is 9.78 Å². The molecule has 0 aliphatic heterocycles. The third kappa shape index (κ3) is 3.07. The number of benzene rings is 1. The Morgan fingerprint density at radius 1 is 1.40 bits per heavy atom. The zero-order valence-electron chi connectivity index (χ0n) is 11.0. The van der Waals surface area contributed by atoms with Crippen molar-refractivity contribution in [3.8, 4) is 0 Å². The Hall–Kier alpha value is -1.27. The summed E-state index contributed by atoms with van der Waals surface area (Å²) in [5.74, 6) is -1.82. The fourth-order valence-electron chi connectivity index (χ4n) is 2.10. The first-order valence-corrected chi connectivity index (χ1v) is 7.16.